The molecule has 1 rings (SSSR count). The van der Waals surface area contributed by atoms with Crippen molar-refractivity contribution < 1.29 is 9.36 Å². The van der Waals surface area contributed by atoms with Crippen LogP contribution < -0.4 is 0 Å². The van der Waals surface area contributed by atoms with Gasteiger partial charge in [-0.2, -0.15) is 0 Å². The zero-order chi connectivity index (χ0) is 29.1. The summed E-state index contributed by atoms with van der Waals surface area (Å²) in [5.41, 5.74) is 4.33. The second-order valence-corrected chi connectivity index (χ2v) is 12.9. The van der Waals surface area contributed by atoms with Gasteiger partial charge in [0.25, 0.3) is 5.52 Å². The third-order valence-corrected chi connectivity index (χ3v) is 8.97. The molecule has 1 aromatic carbocycles. The standard InChI is InChI=1S/C37H65O2P/c1-4-7-10-13-16-19-22-25-28-33-31-34(29-26-23-20-17-14-11-8-5-2)36(37(38)40-39)35(32-33)30-27-24-21-18-15-12-9-6-3/h31-32H,4-30H2,1-3H3. The largest absolute Gasteiger partial charge is 0.280 e. The second kappa shape index (κ2) is 26.9. The molecule has 0 N–H and O–H groups in total. The Kier molecular flexibility index (Phi) is 24.9. The van der Waals surface area contributed by atoms with E-state index in [2.05, 4.69) is 32.9 Å². The zero-order valence-corrected chi connectivity index (χ0v) is 27.9. The zero-order valence-electron chi connectivity index (χ0n) is 27.0. The molecule has 2 nitrogen and oxygen atoms in total. The van der Waals surface area contributed by atoms with Crippen LogP contribution in [0.2, 0.25) is 0 Å². The average Bonchev–Trinajstić information content (AvgIpc) is 2.96. The number of rotatable bonds is 29. The molecule has 1 aromatic rings. The molecule has 0 spiro atoms. The summed E-state index contributed by atoms with van der Waals surface area (Å²) in [6, 6.07) is 4.61. The highest BCUT2D eigenvalue weighted by Gasteiger charge is 2.18. The number of benzene rings is 1. The number of aryl methyl sites for hydroxylation is 3. The van der Waals surface area contributed by atoms with E-state index in [1.807, 2.05) is 0 Å². The molecule has 40 heavy (non-hydrogen) atoms. The molecule has 0 aliphatic carbocycles. The van der Waals surface area contributed by atoms with E-state index in [4.69, 9.17) is 0 Å². The second-order valence-electron chi connectivity index (χ2n) is 12.4. The highest BCUT2D eigenvalue weighted by Crippen LogP contribution is 2.27. The van der Waals surface area contributed by atoms with Crippen LogP contribution in [0.5, 0.6) is 0 Å². The Labute approximate surface area is 251 Å². The monoisotopic (exact) mass is 572 g/mol. The molecule has 0 atom stereocenters. The van der Waals surface area contributed by atoms with Gasteiger partial charge in [-0.15, -0.1) is 0 Å². The molecule has 0 radical (unpaired) electrons. The Morgan fingerprint density at radius 3 is 1.10 bits per heavy atom. The van der Waals surface area contributed by atoms with Gasteiger partial charge in [0.05, 0.1) is 0 Å². The highest BCUT2D eigenvalue weighted by molar-refractivity contribution is 7.47. The van der Waals surface area contributed by atoms with E-state index in [0.29, 0.717) is 0 Å². The lowest BCUT2D eigenvalue weighted by atomic mass is 9.90. The van der Waals surface area contributed by atoms with Crippen LogP contribution in [0.15, 0.2) is 12.1 Å². The van der Waals surface area contributed by atoms with Crippen molar-refractivity contribution in [3.8, 4) is 0 Å². The number of hydrogen-bond donors (Lipinski definition) is 0. The smallest absolute Gasteiger partial charge is 0.253 e. The molecule has 0 heterocycles. The summed E-state index contributed by atoms with van der Waals surface area (Å²) in [4.78, 5) is 12.9. The minimum Gasteiger partial charge on any atom is -0.280 e. The minimum atomic E-state index is -0.357. The summed E-state index contributed by atoms with van der Waals surface area (Å²) in [5.74, 6) is 0. The van der Waals surface area contributed by atoms with E-state index in [1.54, 1.807) is 0 Å². The Bertz CT molecular complexity index is 716. The maximum absolute atomic E-state index is 12.9. The van der Waals surface area contributed by atoms with Gasteiger partial charge < -0.3 is 0 Å². The summed E-state index contributed by atoms with van der Waals surface area (Å²) in [7, 11) is -0.357. The van der Waals surface area contributed by atoms with E-state index >= 15 is 0 Å². The van der Waals surface area contributed by atoms with Crippen LogP contribution in [-0.2, 0) is 23.8 Å². The molecule has 0 bridgehead atoms. The van der Waals surface area contributed by atoms with Crippen LogP contribution in [0.1, 0.15) is 202 Å². The van der Waals surface area contributed by atoms with E-state index in [9.17, 15) is 9.36 Å². The molecule has 0 aliphatic rings. The van der Waals surface area contributed by atoms with Crippen LogP contribution in [0.4, 0.5) is 0 Å². The van der Waals surface area contributed by atoms with Gasteiger partial charge in [0, 0.05) is 5.56 Å². The van der Waals surface area contributed by atoms with Crippen molar-refractivity contribution in [1.82, 2.24) is 0 Å². The maximum atomic E-state index is 12.9. The maximum Gasteiger partial charge on any atom is 0.253 e. The van der Waals surface area contributed by atoms with Crippen molar-refractivity contribution in [2.45, 2.75) is 194 Å². The first-order valence-corrected chi connectivity index (χ1v) is 18.5. The van der Waals surface area contributed by atoms with Crippen molar-refractivity contribution >= 4 is 14.0 Å². The van der Waals surface area contributed by atoms with Gasteiger partial charge in [-0.25, -0.2) is 0 Å². The summed E-state index contributed by atoms with van der Waals surface area (Å²) < 4.78 is 11.8. The van der Waals surface area contributed by atoms with Crippen LogP contribution in [-0.4, -0.2) is 5.52 Å². The van der Waals surface area contributed by atoms with Gasteiger partial charge in [-0.1, -0.05) is 168 Å². The predicted octanol–water partition coefficient (Wildman–Crippen LogP) is 13.2. The van der Waals surface area contributed by atoms with Gasteiger partial charge in [0.1, 0.15) is 0 Å². The predicted molar refractivity (Wildman–Crippen MR) is 177 cm³/mol. The molecule has 3 heteroatoms. The summed E-state index contributed by atoms with van der Waals surface area (Å²) in [6.45, 7) is 6.82. The molecule has 0 unspecified atom stereocenters. The molecule has 0 saturated heterocycles. The fourth-order valence-corrected chi connectivity index (χ4v) is 6.44. The van der Waals surface area contributed by atoms with Crippen LogP contribution in [0.25, 0.3) is 0 Å². The van der Waals surface area contributed by atoms with Crippen LogP contribution >= 0.6 is 8.46 Å². The first-order valence-electron chi connectivity index (χ1n) is 17.7. The third kappa shape index (κ3) is 18.4. The van der Waals surface area contributed by atoms with Gasteiger partial charge in [0.2, 0.25) is 8.46 Å². The highest BCUT2D eigenvalue weighted by atomic mass is 31.1. The van der Waals surface area contributed by atoms with Crippen LogP contribution in [0, 0.1) is 0 Å². The Morgan fingerprint density at radius 2 is 0.775 bits per heavy atom. The Morgan fingerprint density at radius 1 is 0.475 bits per heavy atom. The lowest BCUT2D eigenvalue weighted by Crippen LogP contribution is -2.07. The molecular weight excluding hydrogens is 507 g/mol. The van der Waals surface area contributed by atoms with E-state index in [-0.39, 0.29) is 14.0 Å². The lowest BCUT2D eigenvalue weighted by molar-refractivity contribution is 0.108. The first-order chi connectivity index (χ1) is 19.7. The lowest BCUT2D eigenvalue weighted by Gasteiger charge is -2.16. The summed E-state index contributed by atoms with van der Waals surface area (Å²) in [6.07, 6.45) is 34.3. The quantitative estimate of drug-likeness (QED) is 0.0706. The number of unbranched alkanes of at least 4 members (excludes halogenated alkanes) is 21. The molecular formula is C37H65O2P. The van der Waals surface area contributed by atoms with Crippen molar-refractivity contribution in [1.29, 1.82) is 0 Å². The molecule has 230 valence electrons. The average molecular weight is 573 g/mol. The minimum absolute atomic E-state index is 0.206. The molecule has 0 amide bonds. The SMILES string of the molecule is CCCCCCCCCCc1cc(CCCCCCCCCC)c(C(=O)P=O)c(CCCCCCCCCC)c1. The van der Waals surface area contributed by atoms with Gasteiger partial charge in [0.15, 0.2) is 0 Å². The fourth-order valence-electron chi connectivity index (χ4n) is 6.06. The fraction of sp³-hybridized carbons (Fsp3) is 0.811. The van der Waals surface area contributed by atoms with E-state index < -0.39 is 0 Å². The Balaban J connectivity index is 2.77. The summed E-state index contributed by atoms with van der Waals surface area (Å²) >= 11 is 0. The third-order valence-electron chi connectivity index (χ3n) is 8.58. The van der Waals surface area contributed by atoms with Gasteiger partial charge in [-0.05, 0) is 55.2 Å². The molecule has 0 fully saturated rings. The first kappa shape index (κ1) is 37.0. The van der Waals surface area contributed by atoms with E-state index in [1.165, 1.54) is 158 Å². The van der Waals surface area contributed by atoms with Crippen molar-refractivity contribution in [3.63, 3.8) is 0 Å². The van der Waals surface area contributed by atoms with Crippen molar-refractivity contribution in [3.05, 3.63) is 34.4 Å². The summed E-state index contributed by atoms with van der Waals surface area (Å²) in [5, 5.41) is 0. The van der Waals surface area contributed by atoms with Crippen molar-refractivity contribution in [2.75, 3.05) is 0 Å². The Hall–Kier alpha value is -1.01. The number of hydrogen-bond acceptors (Lipinski definition) is 2. The van der Waals surface area contributed by atoms with Crippen molar-refractivity contribution in [2.24, 2.45) is 0 Å². The topological polar surface area (TPSA) is 34.1 Å². The van der Waals surface area contributed by atoms with Gasteiger partial charge in [-0.3, -0.25) is 9.36 Å². The normalized spacial score (nSPS) is 11.5. The van der Waals surface area contributed by atoms with E-state index in [0.717, 1.165) is 37.7 Å². The molecule has 0 aliphatic heterocycles. The number of carbonyl (C=O) groups excluding carboxylic acids is 1. The van der Waals surface area contributed by atoms with Gasteiger partial charge >= 0.3 is 0 Å². The van der Waals surface area contributed by atoms with Crippen LogP contribution in [0.3, 0.4) is 0 Å². The molecule has 0 saturated carbocycles. The molecule has 0 aromatic heterocycles. The number of carbonyl (C=O) groups is 1.